The van der Waals surface area contributed by atoms with Gasteiger partial charge in [0.25, 0.3) is 0 Å². The molecule has 0 saturated heterocycles. The Kier molecular flexibility index (Phi) is 4.68. The van der Waals surface area contributed by atoms with Gasteiger partial charge in [0, 0.05) is 13.2 Å². The van der Waals surface area contributed by atoms with Gasteiger partial charge in [-0.1, -0.05) is 6.92 Å². The van der Waals surface area contributed by atoms with E-state index in [0.29, 0.717) is 25.0 Å². The number of nitrogen functional groups attached to an aromatic ring is 1. The lowest BCUT2D eigenvalue weighted by atomic mass is 10.3. The van der Waals surface area contributed by atoms with E-state index < -0.39 is 0 Å². The van der Waals surface area contributed by atoms with E-state index in [-0.39, 0.29) is 0 Å². The molecule has 0 aliphatic carbocycles. The third-order valence-electron chi connectivity index (χ3n) is 3.18. The second-order valence-electron chi connectivity index (χ2n) is 4.53. The number of nitrogens with two attached hydrogens (primary N) is 1. The molecule has 5 nitrogen and oxygen atoms in total. The standard InChI is InChI=1S/C13H20N4OS/c1-4-17(9(2)8-18-3)7-11-15-12(14)10-5-6-19-13(10)16-11/h5-6,9H,4,7-8H2,1-3H3,(H2,14,15,16). The number of aromatic nitrogens is 2. The molecule has 0 fully saturated rings. The predicted octanol–water partition coefficient (Wildman–Crippen LogP) is 2.13. The fraction of sp³-hybridized carbons (Fsp3) is 0.538. The van der Waals surface area contributed by atoms with Crippen LogP contribution in [-0.4, -0.2) is 41.2 Å². The van der Waals surface area contributed by atoms with Gasteiger partial charge >= 0.3 is 0 Å². The van der Waals surface area contributed by atoms with Gasteiger partial charge in [-0.05, 0) is 24.9 Å². The number of thiophene rings is 1. The summed E-state index contributed by atoms with van der Waals surface area (Å²) >= 11 is 1.59. The number of nitrogens with zero attached hydrogens (tertiary/aromatic N) is 3. The van der Waals surface area contributed by atoms with Crippen LogP contribution >= 0.6 is 11.3 Å². The smallest absolute Gasteiger partial charge is 0.146 e. The van der Waals surface area contributed by atoms with Crippen molar-refractivity contribution < 1.29 is 4.74 Å². The van der Waals surface area contributed by atoms with Gasteiger partial charge in [0.1, 0.15) is 16.5 Å². The number of methoxy groups -OCH3 is 1. The first-order valence-corrected chi connectivity index (χ1v) is 7.26. The molecule has 0 aliphatic rings. The second-order valence-corrected chi connectivity index (χ2v) is 5.43. The van der Waals surface area contributed by atoms with Crippen LogP contribution in [0.25, 0.3) is 10.2 Å². The zero-order valence-electron chi connectivity index (χ0n) is 11.6. The van der Waals surface area contributed by atoms with Crippen molar-refractivity contribution in [2.45, 2.75) is 26.4 Å². The van der Waals surface area contributed by atoms with E-state index in [4.69, 9.17) is 10.5 Å². The average molecular weight is 280 g/mol. The van der Waals surface area contributed by atoms with Crippen LogP contribution in [-0.2, 0) is 11.3 Å². The molecule has 6 heteroatoms. The van der Waals surface area contributed by atoms with Crippen LogP contribution in [0.2, 0.25) is 0 Å². The van der Waals surface area contributed by atoms with Crippen LogP contribution in [0.5, 0.6) is 0 Å². The quantitative estimate of drug-likeness (QED) is 0.878. The van der Waals surface area contributed by atoms with Crippen LogP contribution in [0.1, 0.15) is 19.7 Å². The molecule has 2 rings (SSSR count). The van der Waals surface area contributed by atoms with Gasteiger partial charge < -0.3 is 10.5 Å². The number of hydrogen-bond acceptors (Lipinski definition) is 6. The summed E-state index contributed by atoms with van der Waals surface area (Å²) in [7, 11) is 1.72. The molecule has 0 amide bonds. The minimum absolute atomic E-state index is 0.332. The normalized spacial score (nSPS) is 13.3. The first-order valence-electron chi connectivity index (χ1n) is 6.38. The molecule has 0 bridgehead atoms. The lowest BCUT2D eigenvalue weighted by molar-refractivity contribution is 0.0966. The third-order valence-corrected chi connectivity index (χ3v) is 3.99. The highest BCUT2D eigenvalue weighted by Crippen LogP contribution is 2.23. The minimum atomic E-state index is 0.332. The number of fused-ring (bicyclic) bond motifs is 1. The van der Waals surface area contributed by atoms with Gasteiger partial charge in [0.05, 0.1) is 18.5 Å². The summed E-state index contributed by atoms with van der Waals surface area (Å²) in [5, 5.41) is 2.94. The fourth-order valence-corrected chi connectivity index (χ4v) is 2.89. The molecule has 19 heavy (non-hydrogen) atoms. The molecule has 0 radical (unpaired) electrons. The van der Waals surface area contributed by atoms with Crippen molar-refractivity contribution in [3.05, 3.63) is 17.3 Å². The van der Waals surface area contributed by atoms with Crippen LogP contribution in [0.3, 0.4) is 0 Å². The van der Waals surface area contributed by atoms with E-state index in [9.17, 15) is 0 Å². The van der Waals surface area contributed by atoms with E-state index in [1.807, 2.05) is 11.4 Å². The zero-order chi connectivity index (χ0) is 13.8. The van der Waals surface area contributed by atoms with E-state index in [1.165, 1.54) is 0 Å². The molecule has 2 aromatic heterocycles. The molecule has 0 spiro atoms. The summed E-state index contributed by atoms with van der Waals surface area (Å²) in [6, 6.07) is 2.29. The number of ether oxygens (including phenoxy) is 1. The second kappa shape index (κ2) is 6.27. The van der Waals surface area contributed by atoms with Gasteiger partial charge in [0.15, 0.2) is 0 Å². The highest BCUT2D eigenvalue weighted by Gasteiger charge is 2.15. The van der Waals surface area contributed by atoms with Gasteiger partial charge in [-0.15, -0.1) is 11.3 Å². The summed E-state index contributed by atoms with van der Waals surface area (Å²) in [4.78, 5) is 12.2. The SMILES string of the molecule is CCN(Cc1nc(N)c2ccsc2n1)C(C)COC. The Morgan fingerprint density at radius 1 is 1.47 bits per heavy atom. The Morgan fingerprint density at radius 3 is 2.95 bits per heavy atom. The maximum absolute atomic E-state index is 5.97. The summed E-state index contributed by atoms with van der Waals surface area (Å²) in [6.07, 6.45) is 0. The molecular weight excluding hydrogens is 260 g/mol. The Labute approximate surface area is 117 Å². The van der Waals surface area contributed by atoms with E-state index in [2.05, 4.69) is 28.7 Å². The lowest BCUT2D eigenvalue weighted by Crippen LogP contribution is -2.36. The largest absolute Gasteiger partial charge is 0.383 e. The molecule has 1 unspecified atom stereocenters. The summed E-state index contributed by atoms with van der Waals surface area (Å²) in [5.74, 6) is 1.34. The van der Waals surface area contributed by atoms with Crippen LogP contribution in [0.4, 0.5) is 5.82 Å². The zero-order valence-corrected chi connectivity index (χ0v) is 12.4. The molecule has 0 aromatic carbocycles. The molecule has 0 aliphatic heterocycles. The van der Waals surface area contributed by atoms with E-state index in [1.54, 1.807) is 18.4 Å². The third kappa shape index (κ3) is 3.20. The van der Waals surface area contributed by atoms with Crippen molar-refractivity contribution in [2.24, 2.45) is 0 Å². The van der Waals surface area contributed by atoms with Crippen molar-refractivity contribution in [1.82, 2.24) is 14.9 Å². The topological polar surface area (TPSA) is 64.3 Å². The fourth-order valence-electron chi connectivity index (χ4n) is 2.10. The minimum Gasteiger partial charge on any atom is -0.383 e. The first-order chi connectivity index (χ1) is 9.15. The maximum Gasteiger partial charge on any atom is 0.146 e. The summed E-state index contributed by atoms with van der Waals surface area (Å²) in [5.41, 5.74) is 5.97. The van der Waals surface area contributed by atoms with Gasteiger partial charge in [0.2, 0.25) is 0 Å². The van der Waals surface area contributed by atoms with Crippen molar-refractivity contribution in [1.29, 1.82) is 0 Å². The molecule has 2 aromatic rings. The summed E-state index contributed by atoms with van der Waals surface area (Å²) < 4.78 is 5.20. The van der Waals surface area contributed by atoms with Gasteiger partial charge in [-0.3, -0.25) is 4.90 Å². The molecule has 2 heterocycles. The monoisotopic (exact) mass is 280 g/mol. The summed E-state index contributed by atoms with van der Waals surface area (Å²) in [6.45, 7) is 6.58. The Hall–Kier alpha value is -1.24. The molecule has 1 atom stereocenters. The molecule has 104 valence electrons. The number of likely N-dealkylation sites (N-methyl/N-ethyl adjacent to an activating group) is 1. The van der Waals surface area contributed by atoms with Crippen molar-refractivity contribution in [2.75, 3.05) is 26.0 Å². The number of anilines is 1. The van der Waals surface area contributed by atoms with E-state index in [0.717, 1.165) is 22.6 Å². The van der Waals surface area contributed by atoms with Crippen LogP contribution in [0.15, 0.2) is 11.4 Å². The Bertz CT molecular complexity index is 542. The van der Waals surface area contributed by atoms with Crippen LogP contribution < -0.4 is 5.73 Å². The maximum atomic E-state index is 5.97. The van der Waals surface area contributed by atoms with Gasteiger partial charge in [-0.25, -0.2) is 9.97 Å². The molecular formula is C13H20N4OS. The highest BCUT2D eigenvalue weighted by molar-refractivity contribution is 7.16. The lowest BCUT2D eigenvalue weighted by Gasteiger charge is -2.26. The average Bonchev–Trinajstić information content (AvgIpc) is 2.85. The van der Waals surface area contributed by atoms with E-state index >= 15 is 0 Å². The Balaban J connectivity index is 2.19. The van der Waals surface area contributed by atoms with Crippen molar-refractivity contribution >= 4 is 27.4 Å². The van der Waals surface area contributed by atoms with Crippen molar-refractivity contribution in [3.8, 4) is 0 Å². The molecule has 0 saturated carbocycles. The van der Waals surface area contributed by atoms with Crippen molar-refractivity contribution in [3.63, 3.8) is 0 Å². The molecule has 2 N–H and O–H groups in total. The van der Waals surface area contributed by atoms with Crippen LogP contribution in [0, 0.1) is 0 Å². The number of hydrogen-bond donors (Lipinski definition) is 1. The number of rotatable bonds is 6. The highest BCUT2D eigenvalue weighted by atomic mass is 32.1. The Morgan fingerprint density at radius 2 is 2.26 bits per heavy atom. The predicted molar refractivity (Wildman–Crippen MR) is 79.2 cm³/mol. The van der Waals surface area contributed by atoms with Gasteiger partial charge in [-0.2, -0.15) is 0 Å². The first kappa shape index (κ1) is 14.2.